The number of benzene rings is 2. The molecular formula is C28H27BrCl2N2O3. The number of halogens is 3. The SMILES string of the molecule is CC[C@H](c1cccc(Br)n1)N1C(=O)[C@@](C)(CC(=O)O)C[C@H](c2cccc(Cl)c2)[C@H]1c1ccc(Cl)cc1. The summed E-state index contributed by atoms with van der Waals surface area (Å²) in [6, 6.07) is 20.0. The molecule has 0 bridgehead atoms. The Kier molecular flexibility index (Phi) is 8.08. The minimum Gasteiger partial charge on any atom is -0.481 e. The zero-order valence-corrected chi connectivity index (χ0v) is 23.1. The van der Waals surface area contributed by atoms with E-state index in [1.807, 2.05) is 78.6 Å². The Bertz CT molecular complexity index is 1270. The van der Waals surface area contributed by atoms with Crippen LogP contribution in [0.1, 0.15) is 67.9 Å². The number of piperidine rings is 1. The first-order chi connectivity index (χ1) is 17.1. The fraction of sp³-hybridized carbons (Fsp3) is 0.321. The Labute approximate surface area is 229 Å². The van der Waals surface area contributed by atoms with Crippen molar-refractivity contribution < 1.29 is 14.7 Å². The number of rotatable bonds is 7. The van der Waals surface area contributed by atoms with Gasteiger partial charge in [-0.15, -0.1) is 0 Å². The second-order valence-corrected chi connectivity index (χ2v) is 11.2. The summed E-state index contributed by atoms with van der Waals surface area (Å²) in [5.41, 5.74) is 1.50. The molecule has 2 heterocycles. The summed E-state index contributed by atoms with van der Waals surface area (Å²) in [5, 5.41) is 11.0. The highest BCUT2D eigenvalue weighted by atomic mass is 79.9. The number of aliphatic carboxylic acids is 1. The summed E-state index contributed by atoms with van der Waals surface area (Å²) in [6.45, 7) is 3.77. The van der Waals surface area contributed by atoms with Crippen LogP contribution in [0, 0.1) is 5.41 Å². The van der Waals surface area contributed by atoms with Crippen LogP contribution in [-0.4, -0.2) is 26.9 Å². The molecule has 4 atom stereocenters. The third kappa shape index (κ3) is 5.46. The van der Waals surface area contributed by atoms with Gasteiger partial charge in [0.1, 0.15) is 4.60 Å². The summed E-state index contributed by atoms with van der Waals surface area (Å²) in [5.74, 6) is -1.40. The molecule has 1 aliphatic rings. The van der Waals surface area contributed by atoms with Gasteiger partial charge in [-0.25, -0.2) is 4.98 Å². The van der Waals surface area contributed by atoms with Gasteiger partial charge in [0.15, 0.2) is 0 Å². The molecular weight excluding hydrogens is 563 g/mol. The zero-order chi connectivity index (χ0) is 26.0. The molecule has 0 spiro atoms. The molecule has 3 aromatic rings. The highest BCUT2D eigenvalue weighted by molar-refractivity contribution is 9.10. The number of likely N-dealkylation sites (tertiary alicyclic amines) is 1. The third-order valence-corrected chi connectivity index (χ3v) is 7.86. The van der Waals surface area contributed by atoms with Crippen LogP contribution in [0.2, 0.25) is 10.0 Å². The Morgan fingerprint density at radius 3 is 2.42 bits per heavy atom. The molecule has 0 radical (unpaired) electrons. The van der Waals surface area contributed by atoms with E-state index in [0.29, 0.717) is 27.5 Å². The van der Waals surface area contributed by atoms with Crippen molar-refractivity contribution in [2.75, 3.05) is 0 Å². The molecule has 4 rings (SSSR count). The lowest BCUT2D eigenvalue weighted by Crippen LogP contribution is -2.53. The molecule has 188 valence electrons. The van der Waals surface area contributed by atoms with Gasteiger partial charge >= 0.3 is 5.97 Å². The average molecular weight is 590 g/mol. The molecule has 8 heteroatoms. The molecule has 2 aromatic carbocycles. The molecule has 1 aromatic heterocycles. The fourth-order valence-electron chi connectivity index (χ4n) is 5.38. The molecule has 1 amide bonds. The topological polar surface area (TPSA) is 70.5 Å². The molecule has 0 saturated carbocycles. The number of amides is 1. The lowest BCUT2D eigenvalue weighted by Gasteiger charge is -2.51. The van der Waals surface area contributed by atoms with E-state index in [1.54, 1.807) is 6.92 Å². The van der Waals surface area contributed by atoms with Crippen molar-refractivity contribution in [2.24, 2.45) is 5.41 Å². The lowest BCUT2D eigenvalue weighted by molar-refractivity contribution is -0.161. The van der Waals surface area contributed by atoms with E-state index in [4.69, 9.17) is 23.2 Å². The first-order valence-corrected chi connectivity index (χ1v) is 13.4. The van der Waals surface area contributed by atoms with Crippen molar-refractivity contribution in [3.8, 4) is 0 Å². The number of carboxylic acids is 1. The highest BCUT2D eigenvalue weighted by Crippen LogP contribution is 2.54. The fourth-order valence-corrected chi connectivity index (χ4v) is 6.06. The summed E-state index contributed by atoms with van der Waals surface area (Å²) in [6.07, 6.45) is 0.699. The smallest absolute Gasteiger partial charge is 0.304 e. The van der Waals surface area contributed by atoms with Crippen molar-refractivity contribution in [1.82, 2.24) is 9.88 Å². The van der Waals surface area contributed by atoms with E-state index >= 15 is 0 Å². The predicted octanol–water partition coefficient (Wildman–Crippen LogP) is 7.84. The first kappa shape index (κ1) is 26.6. The van der Waals surface area contributed by atoms with Gasteiger partial charge < -0.3 is 10.0 Å². The van der Waals surface area contributed by atoms with E-state index in [-0.39, 0.29) is 30.3 Å². The van der Waals surface area contributed by atoms with Gasteiger partial charge in [-0.2, -0.15) is 0 Å². The Morgan fingerprint density at radius 1 is 1.11 bits per heavy atom. The summed E-state index contributed by atoms with van der Waals surface area (Å²) >= 11 is 16.1. The van der Waals surface area contributed by atoms with Gasteiger partial charge in [0, 0.05) is 16.0 Å². The quantitative estimate of drug-likeness (QED) is 0.285. The Balaban J connectivity index is 1.96. The van der Waals surface area contributed by atoms with Gasteiger partial charge in [0.05, 0.1) is 29.6 Å². The zero-order valence-electron chi connectivity index (χ0n) is 20.0. The minimum absolute atomic E-state index is 0.197. The van der Waals surface area contributed by atoms with Crippen LogP contribution >= 0.6 is 39.1 Å². The van der Waals surface area contributed by atoms with Crippen LogP contribution in [0.15, 0.2) is 71.3 Å². The molecule has 1 N–H and O–H groups in total. The Morgan fingerprint density at radius 2 is 1.81 bits per heavy atom. The highest BCUT2D eigenvalue weighted by Gasteiger charge is 2.52. The maximum Gasteiger partial charge on any atom is 0.304 e. The van der Waals surface area contributed by atoms with E-state index in [1.165, 1.54) is 0 Å². The van der Waals surface area contributed by atoms with Gasteiger partial charge in [0.25, 0.3) is 0 Å². The second-order valence-electron chi connectivity index (χ2n) is 9.51. The number of pyridine rings is 1. The molecule has 5 nitrogen and oxygen atoms in total. The number of carbonyl (C=O) groups excluding carboxylic acids is 1. The van der Waals surface area contributed by atoms with Crippen LogP contribution in [-0.2, 0) is 9.59 Å². The van der Waals surface area contributed by atoms with Crippen LogP contribution < -0.4 is 0 Å². The Hall–Kier alpha value is -2.41. The predicted molar refractivity (Wildman–Crippen MR) is 145 cm³/mol. The van der Waals surface area contributed by atoms with E-state index in [0.717, 1.165) is 16.8 Å². The largest absolute Gasteiger partial charge is 0.481 e. The average Bonchev–Trinajstić information content (AvgIpc) is 2.82. The second kappa shape index (κ2) is 10.9. The maximum absolute atomic E-state index is 14.3. The first-order valence-electron chi connectivity index (χ1n) is 11.8. The number of aromatic nitrogens is 1. The van der Waals surface area contributed by atoms with Gasteiger partial charge in [-0.3, -0.25) is 9.59 Å². The summed E-state index contributed by atoms with van der Waals surface area (Å²) < 4.78 is 0.672. The van der Waals surface area contributed by atoms with E-state index in [2.05, 4.69) is 20.9 Å². The molecule has 36 heavy (non-hydrogen) atoms. The van der Waals surface area contributed by atoms with Crippen molar-refractivity contribution in [3.05, 3.63) is 98.2 Å². The molecule has 1 fully saturated rings. The minimum atomic E-state index is -1.11. The van der Waals surface area contributed by atoms with Crippen LogP contribution in [0.4, 0.5) is 0 Å². The number of carbonyl (C=O) groups is 2. The molecule has 1 aliphatic heterocycles. The van der Waals surface area contributed by atoms with Crippen molar-refractivity contribution in [3.63, 3.8) is 0 Å². The van der Waals surface area contributed by atoms with Crippen molar-refractivity contribution in [1.29, 1.82) is 0 Å². The van der Waals surface area contributed by atoms with Gasteiger partial charge in [0.2, 0.25) is 5.91 Å². The normalized spacial score (nSPS) is 22.9. The van der Waals surface area contributed by atoms with Crippen molar-refractivity contribution >= 4 is 51.0 Å². The summed E-state index contributed by atoms with van der Waals surface area (Å²) in [4.78, 5) is 32.8. The third-order valence-electron chi connectivity index (χ3n) is 6.93. The summed E-state index contributed by atoms with van der Waals surface area (Å²) in [7, 11) is 0. The molecule has 0 aliphatic carbocycles. The van der Waals surface area contributed by atoms with Gasteiger partial charge in [-0.05, 0) is 76.3 Å². The number of nitrogens with zero attached hydrogens (tertiary/aromatic N) is 2. The maximum atomic E-state index is 14.3. The van der Waals surface area contributed by atoms with Crippen LogP contribution in [0.3, 0.4) is 0 Å². The number of hydrogen-bond acceptors (Lipinski definition) is 3. The molecule has 1 saturated heterocycles. The number of carboxylic acid groups (broad SMARTS) is 1. The van der Waals surface area contributed by atoms with Crippen molar-refractivity contribution in [2.45, 2.75) is 51.1 Å². The van der Waals surface area contributed by atoms with Crippen LogP contribution in [0.25, 0.3) is 0 Å². The molecule has 0 unspecified atom stereocenters. The van der Waals surface area contributed by atoms with E-state index in [9.17, 15) is 14.7 Å². The number of hydrogen-bond donors (Lipinski definition) is 1. The van der Waals surface area contributed by atoms with Crippen LogP contribution in [0.5, 0.6) is 0 Å². The van der Waals surface area contributed by atoms with Gasteiger partial charge in [-0.1, -0.05) is 67.4 Å². The van der Waals surface area contributed by atoms with E-state index < -0.39 is 11.4 Å². The lowest BCUT2D eigenvalue weighted by atomic mass is 9.67. The standard InChI is InChI=1S/C28H27BrCl2N2O3/c1-3-23(22-8-5-9-24(29)32-22)33-26(17-10-12-19(30)13-11-17)21(18-6-4-7-20(31)14-18)15-28(2,27(33)36)16-25(34)35/h4-14,21,23,26H,3,15-16H2,1-2H3,(H,34,35)/t21-,23-,26-,28-/m1/s1. The monoisotopic (exact) mass is 588 g/mol.